The second-order valence-electron chi connectivity index (χ2n) is 4.36. The van der Waals surface area contributed by atoms with E-state index in [9.17, 15) is 0 Å². The summed E-state index contributed by atoms with van der Waals surface area (Å²) in [5.74, 6) is 1.58. The third kappa shape index (κ3) is 3.49. The molecule has 1 unspecified atom stereocenters. The zero-order valence-electron chi connectivity index (χ0n) is 9.53. The summed E-state index contributed by atoms with van der Waals surface area (Å²) in [4.78, 5) is 4.16. The largest absolute Gasteiger partial charge is 0.264 e. The highest BCUT2D eigenvalue weighted by Gasteiger charge is 2.12. The van der Waals surface area contributed by atoms with E-state index in [1.165, 1.54) is 24.8 Å². The zero-order valence-corrected chi connectivity index (χ0v) is 9.53. The van der Waals surface area contributed by atoms with E-state index < -0.39 is 0 Å². The number of rotatable bonds is 5. The number of pyridine rings is 1. The van der Waals surface area contributed by atoms with Crippen LogP contribution in [-0.2, 0) is 6.42 Å². The Morgan fingerprint density at radius 1 is 1.36 bits per heavy atom. The molecule has 1 heterocycles. The first kappa shape index (κ1) is 11.2. The van der Waals surface area contributed by atoms with Gasteiger partial charge in [-0.15, -0.1) is 0 Å². The minimum absolute atomic E-state index is 0.773. The van der Waals surface area contributed by atoms with Crippen molar-refractivity contribution in [3.8, 4) is 0 Å². The molecule has 0 spiro atoms. The van der Waals surface area contributed by atoms with Gasteiger partial charge in [-0.05, 0) is 29.9 Å². The Kier molecular flexibility index (Phi) is 4.64. The Morgan fingerprint density at radius 2 is 2.14 bits per heavy atom. The van der Waals surface area contributed by atoms with E-state index in [-0.39, 0.29) is 0 Å². The van der Waals surface area contributed by atoms with E-state index >= 15 is 0 Å². The molecule has 78 valence electrons. The molecule has 1 aromatic rings. The maximum atomic E-state index is 4.16. The molecule has 0 fully saturated rings. The molecule has 0 aliphatic heterocycles. The average molecular weight is 191 g/mol. The van der Waals surface area contributed by atoms with Crippen molar-refractivity contribution >= 4 is 0 Å². The van der Waals surface area contributed by atoms with Gasteiger partial charge in [0.15, 0.2) is 0 Å². The summed E-state index contributed by atoms with van der Waals surface area (Å²) in [5.41, 5.74) is 1.37. The maximum Gasteiger partial charge on any atom is 0.0299 e. The van der Waals surface area contributed by atoms with Crippen LogP contribution in [-0.4, -0.2) is 4.98 Å². The highest BCUT2D eigenvalue weighted by atomic mass is 14.6. The van der Waals surface area contributed by atoms with E-state index in [2.05, 4.69) is 31.8 Å². The molecule has 1 aromatic heterocycles. The third-order valence-corrected chi connectivity index (χ3v) is 2.82. The zero-order chi connectivity index (χ0) is 10.4. The minimum Gasteiger partial charge on any atom is -0.264 e. The SMILES string of the molecule is CCCC(Cc1cccnc1)C(C)C. The topological polar surface area (TPSA) is 12.9 Å². The normalized spacial score (nSPS) is 13.1. The fraction of sp³-hybridized carbons (Fsp3) is 0.615. The van der Waals surface area contributed by atoms with Crippen LogP contribution in [0, 0.1) is 11.8 Å². The molecular weight excluding hydrogens is 170 g/mol. The Labute approximate surface area is 87.6 Å². The molecule has 1 rings (SSSR count). The predicted molar refractivity (Wildman–Crippen MR) is 61.2 cm³/mol. The van der Waals surface area contributed by atoms with Gasteiger partial charge in [-0.2, -0.15) is 0 Å². The molecule has 0 aliphatic rings. The van der Waals surface area contributed by atoms with Gasteiger partial charge in [0.2, 0.25) is 0 Å². The first-order chi connectivity index (χ1) is 6.74. The van der Waals surface area contributed by atoms with Gasteiger partial charge in [0.1, 0.15) is 0 Å². The molecule has 1 atom stereocenters. The smallest absolute Gasteiger partial charge is 0.0299 e. The van der Waals surface area contributed by atoms with Crippen molar-refractivity contribution in [2.24, 2.45) is 11.8 Å². The monoisotopic (exact) mass is 191 g/mol. The number of hydrogen-bond acceptors (Lipinski definition) is 1. The Morgan fingerprint density at radius 3 is 2.64 bits per heavy atom. The molecule has 0 saturated heterocycles. The molecule has 0 N–H and O–H groups in total. The summed E-state index contributed by atoms with van der Waals surface area (Å²) in [6.07, 6.45) is 7.62. The van der Waals surface area contributed by atoms with Gasteiger partial charge in [-0.3, -0.25) is 4.98 Å². The lowest BCUT2D eigenvalue weighted by Gasteiger charge is -2.19. The van der Waals surface area contributed by atoms with Crippen LogP contribution in [0.4, 0.5) is 0 Å². The van der Waals surface area contributed by atoms with Crippen LogP contribution < -0.4 is 0 Å². The van der Waals surface area contributed by atoms with Gasteiger partial charge >= 0.3 is 0 Å². The number of aromatic nitrogens is 1. The lowest BCUT2D eigenvalue weighted by atomic mass is 9.86. The summed E-state index contributed by atoms with van der Waals surface area (Å²) >= 11 is 0. The van der Waals surface area contributed by atoms with Crippen molar-refractivity contribution in [3.05, 3.63) is 30.1 Å². The average Bonchev–Trinajstić information content (AvgIpc) is 2.18. The molecular formula is C13H21N. The Hall–Kier alpha value is -0.850. The first-order valence-electron chi connectivity index (χ1n) is 5.63. The second kappa shape index (κ2) is 5.79. The van der Waals surface area contributed by atoms with Crippen LogP contribution in [0.1, 0.15) is 39.2 Å². The van der Waals surface area contributed by atoms with Crippen molar-refractivity contribution in [2.75, 3.05) is 0 Å². The van der Waals surface area contributed by atoms with Crippen molar-refractivity contribution in [1.82, 2.24) is 4.98 Å². The summed E-state index contributed by atoms with van der Waals surface area (Å²) in [6, 6.07) is 4.21. The summed E-state index contributed by atoms with van der Waals surface area (Å²) in [6.45, 7) is 6.89. The minimum atomic E-state index is 0.773. The van der Waals surface area contributed by atoms with Crippen molar-refractivity contribution in [1.29, 1.82) is 0 Å². The molecule has 1 nitrogen and oxygen atoms in total. The molecule has 1 heteroatoms. The predicted octanol–water partition coefficient (Wildman–Crippen LogP) is 3.70. The van der Waals surface area contributed by atoms with Crippen molar-refractivity contribution in [3.63, 3.8) is 0 Å². The summed E-state index contributed by atoms with van der Waals surface area (Å²) in [7, 11) is 0. The fourth-order valence-electron chi connectivity index (χ4n) is 1.86. The van der Waals surface area contributed by atoms with Gasteiger partial charge < -0.3 is 0 Å². The molecule has 0 saturated carbocycles. The third-order valence-electron chi connectivity index (χ3n) is 2.82. The van der Waals surface area contributed by atoms with Gasteiger partial charge in [-0.25, -0.2) is 0 Å². The lowest BCUT2D eigenvalue weighted by molar-refractivity contribution is 0.354. The standard InChI is InChI=1S/C13H21N/c1-4-6-13(11(2)3)9-12-7-5-8-14-10-12/h5,7-8,10-11,13H,4,6,9H2,1-3H3. The maximum absolute atomic E-state index is 4.16. The van der Waals surface area contributed by atoms with Crippen LogP contribution in [0.3, 0.4) is 0 Å². The fourth-order valence-corrected chi connectivity index (χ4v) is 1.86. The van der Waals surface area contributed by atoms with Crippen LogP contribution in [0.15, 0.2) is 24.5 Å². The Bertz CT molecular complexity index is 241. The number of hydrogen-bond donors (Lipinski definition) is 0. The van der Waals surface area contributed by atoms with Gasteiger partial charge in [-0.1, -0.05) is 39.7 Å². The van der Waals surface area contributed by atoms with E-state index in [0.717, 1.165) is 11.8 Å². The molecule has 0 radical (unpaired) electrons. The first-order valence-corrected chi connectivity index (χ1v) is 5.63. The van der Waals surface area contributed by atoms with E-state index in [1.807, 2.05) is 18.5 Å². The van der Waals surface area contributed by atoms with Crippen molar-refractivity contribution < 1.29 is 0 Å². The van der Waals surface area contributed by atoms with Crippen LogP contribution in [0.2, 0.25) is 0 Å². The second-order valence-corrected chi connectivity index (χ2v) is 4.36. The molecule has 0 aromatic carbocycles. The van der Waals surface area contributed by atoms with Gasteiger partial charge in [0.05, 0.1) is 0 Å². The van der Waals surface area contributed by atoms with Gasteiger partial charge in [0.25, 0.3) is 0 Å². The van der Waals surface area contributed by atoms with Crippen LogP contribution in [0.25, 0.3) is 0 Å². The Balaban J connectivity index is 2.55. The number of nitrogens with zero attached hydrogens (tertiary/aromatic N) is 1. The van der Waals surface area contributed by atoms with Crippen LogP contribution in [0.5, 0.6) is 0 Å². The lowest BCUT2D eigenvalue weighted by Crippen LogP contribution is -2.11. The summed E-state index contributed by atoms with van der Waals surface area (Å²) in [5, 5.41) is 0. The molecule has 0 amide bonds. The van der Waals surface area contributed by atoms with Crippen LogP contribution >= 0.6 is 0 Å². The molecule has 14 heavy (non-hydrogen) atoms. The summed E-state index contributed by atoms with van der Waals surface area (Å²) < 4.78 is 0. The quantitative estimate of drug-likeness (QED) is 0.691. The van der Waals surface area contributed by atoms with Crippen molar-refractivity contribution in [2.45, 2.75) is 40.0 Å². The van der Waals surface area contributed by atoms with E-state index in [1.54, 1.807) is 0 Å². The van der Waals surface area contributed by atoms with E-state index in [0.29, 0.717) is 0 Å². The van der Waals surface area contributed by atoms with Gasteiger partial charge in [0, 0.05) is 12.4 Å². The van der Waals surface area contributed by atoms with E-state index in [4.69, 9.17) is 0 Å². The highest BCUT2D eigenvalue weighted by Crippen LogP contribution is 2.21. The molecule has 0 aliphatic carbocycles. The molecule has 0 bridgehead atoms. The highest BCUT2D eigenvalue weighted by molar-refractivity contribution is 5.09.